The number of thiophene rings is 1. The SMILES string of the molecule is CNC(C)CNC(=O)CCc1ccc(Cl)s1.Cl. The van der Waals surface area contributed by atoms with E-state index < -0.39 is 0 Å². The summed E-state index contributed by atoms with van der Waals surface area (Å²) in [7, 11) is 1.88. The van der Waals surface area contributed by atoms with Crippen LogP contribution in [0.25, 0.3) is 0 Å². The molecule has 0 saturated carbocycles. The minimum absolute atomic E-state index is 0. The van der Waals surface area contributed by atoms with Gasteiger partial charge < -0.3 is 10.6 Å². The molecule has 2 N–H and O–H groups in total. The Hall–Kier alpha value is -0.290. The average molecular weight is 297 g/mol. The summed E-state index contributed by atoms with van der Waals surface area (Å²) in [6.07, 6.45) is 1.28. The van der Waals surface area contributed by atoms with Crippen LogP contribution in [0, 0.1) is 0 Å². The highest BCUT2D eigenvalue weighted by atomic mass is 35.5. The van der Waals surface area contributed by atoms with Crippen LogP contribution in [-0.2, 0) is 11.2 Å². The number of likely N-dealkylation sites (N-methyl/N-ethyl adjacent to an activating group) is 1. The first-order valence-corrected chi connectivity index (χ1v) is 6.49. The summed E-state index contributed by atoms with van der Waals surface area (Å²) in [4.78, 5) is 12.6. The van der Waals surface area contributed by atoms with E-state index in [1.54, 1.807) is 0 Å². The van der Waals surface area contributed by atoms with Crippen molar-refractivity contribution in [2.24, 2.45) is 0 Å². The Morgan fingerprint density at radius 2 is 2.24 bits per heavy atom. The molecule has 1 aromatic rings. The van der Waals surface area contributed by atoms with Crippen LogP contribution in [0.3, 0.4) is 0 Å². The van der Waals surface area contributed by atoms with Gasteiger partial charge in [0, 0.05) is 23.9 Å². The van der Waals surface area contributed by atoms with E-state index in [1.165, 1.54) is 11.3 Å². The number of rotatable bonds is 6. The van der Waals surface area contributed by atoms with E-state index >= 15 is 0 Å². The van der Waals surface area contributed by atoms with Crippen LogP contribution < -0.4 is 10.6 Å². The zero-order valence-electron chi connectivity index (χ0n) is 9.96. The number of carbonyl (C=O) groups is 1. The number of nitrogens with one attached hydrogen (secondary N) is 2. The fraction of sp³-hybridized carbons (Fsp3) is 0.545. The molecule has 17 heavy (non-hydrogen) atoms. The molecule has 0 bridgehead atoms. The maximum Gasteiger partial charge on any atom is 0.220 e. The van der Waals surface area contributed by atoms with Crippen molar-refractivity contribution >= 4 is 41.3 Å². The Morgan fingerprint density at radius 3 is 2.76 bits per heavy atom. The van der Waals surface area contributed by atoms with E-state index in [9.17, 15) is 4.79 Å². The molecule has 98 valence electrons. The predicted molar refractivity (Wildman–Crippen MR) is 76.4 cm³/mol. The van der Waals surface area contributed by atoms with Crippen molar-refractivity contribution < 1.29 is 4.79 Å². The summed E-state index contributed by atoms with van der Waals surface area (Å²) in [5.74, 6) is 0.0895. The Morgan fingerprint density at radius 1 is 1.53 bits per heavy atom. The second-order valence-electron chi connectivity index (χ2n) is 3.70. The summed E-state index contributed by atoms with van der Waals surface area (Å²) in [5, 5.41) is 5.95. The molecule has 6 heteroatoms. The molecule has 0 aliphatic heterocycles. The van der Waals surface area contributed by atoms with Crippen molar-refractivity contribution in [1.82, 2.24) is 10.6 Å². The van der Waals surface area contributed by atoms with Gasteiger partial charge in [-0.2, -0.15) is 0 Å². The molecule has 1 unspecified atom stereocenters. The lowest BCUT2D eigenvalue weighted by molar-refractivity contribution is -0.121. The summed E-state index contributed by atoms with van der Waals surface area (Å²) >= 11 is 7.34. The van der Waals surface area contributed by atoms with Crippen molar-refractivity contribution in [3.05, 3.63) is 21.3 Å². The second-order valence-corrected chi connectivity index (χ2v) is 5.50. The first kappa shape index (κ1) is 16.7. The molecule has 0 aliphatic rings. The van der Waals surface area contributed by atoms with Gasteiger partial charge in [-0.15, -0.1) is 23.7 Å². The van der Waals surface area contributed by atoms with Crippen LogP contribution in [0.4, 0.5) is 0 Å². The van der Waals surface area contributed by atoms with Gasteiger partial charge in [0.05, 0.1) is 4.34 Å². The van der Waals surface area contributed by atoms with E-state index in [1.807, 2.05) is 26.1 Å². The molecule has 0 radical (unpaired) electrons. The van der Waals surface area contributed by atoms with Gasteiger partial charge in [-0.1, -0.05) is 11.6 Å². The van der Waals surface area contributed by atoms with Gasteiger partial charge in [-0.05, 0) is 32.5 Å². The number of carbonyl (C=O) groups excluding carboxylic acids is 1. The zero-order valence-corrected chi connectivity index (χ0v) is 12.3. The lowest BCUT2D eigenvalue weighted by Crippen LogP contribution is -2.37. The number of amides is 1. The van der Waals surface area contributed by atoms with E-state index in [2.05, 4.69) is 10.6 Å². The molecular weight excluding hydrogens is 279 g/mol. The first-order chi connectivity index (χ1) is 7.61. The number of halogens is 2. The van der Waals surface area contributed by atoms with Crippen molar-refractivity contribution in [2.75, 3.05) is 13.6 Å². The van der Waals surface area contributed by atoms with Gasteiger partial charge in [0.15, 0.2) is 0 Å². The van der Waals surface area contributed by atoms with Crippen molar-refractivity contribution in [2.45, 2.75) is 25.8 Å². The third-order valence-electron chi connectivity index (χ3n) is 2.33. The molecular formula is C11H18Cl2N2OS. The van der Waals surface area contributed by atoms with Crippen LogP contribution in [0.5, 0.6) is 0 Å². The quantitative estimate of drug-likeness (QED) is 0.847. The average Bonchev–Trinajstić information content (AvgIpc) is 2.69. The third-order valence-corrected chi connectivity index (χ3v) is 3.62. The summed E-state index contributed by atoms with van der Waals surface area (Å²) in [6.45, 7) is 2.69. The van der Waals surface area contributed by atoms with Crippen LogP contribution in [0.2, 0.25) is 4.34 Å². The Balaban J connectivity index is 0.00000256. The summed E-state index contributed by atoms with van der Waals surface area (Å²) in [5.41, 5.74) is 0. The van der Waals surface area contributed by atoms with Gasteiger partial charge in [0.1, 0.15) is 0 Å². The van der Waals surface area contributed by atoms with Crippen LogP contribution in [0.1, 0.15) is 18.2 Å². The normalized spacial score (nSPS) is 11.7. The minimum Gasteiger partial charge on any atom is -0.355 e. The standard InChI is InChI=1S/C11H17ClN2OS.ClH/c1-8(13-2)7-14-11(15)6-4-9-3-5-10(12)16-9;/h3,5,8,13H,4,6-7H2,1-2H3,(H,14,15);1H. The lowest BCUT2D eigenvalue weighted by Gasteiger charge is -2.10. The maximum absolute atomic E-state index is 11.5. The monoisotopic (exact) mass is 296 g/mol. The molecule has 1 heterocycles. The van der Waals surface area contributed by atoms with Crippen LogP contribution in [0.15, 0.2) is 12.1 Å². The highest BCUT2D eigenvalue weighted by molar-refractivity contribution is 7.16. The molecule has 1 amide bonds. The van der Waals surface area contributed by atoms with Crippen LogP contribution in [-0.4, -0.2) is 25.5 Å². The highest BCUT2D eigenvalue weighted by Gasteiger charge is 2.05. The van der Waals surface area contributed by atoms with Crippen molar-refractivity contribution in [1.29, 1.82) is 0 Å². The molecule has 0 saturated heterocycles. The number of hydrogen-bond acceptors (Lipinski definition) is 3. The maximum atomic E-state index is 11.5. The highest BCUT2D eigenvalue weighted by Crippen LogP contribution is 2.22. The van der Waals surface area contributed by atoms with E-state index in [0.717, 1.165) is 15.6 Å². The Kier molecular flexibility index (Phi) is 8.60. The van der Waals surface area contributed by atoms with E-state index in [-0.39, 0.29) is 18.3 Å². The number of aryl methyl sites for hydroxylation is 1. The zero-order chi connectivity index (χ0) is 12.0. The fourth-order valence-corrected chi connectivity index (χ4v) is 2.27. The number of hydrogen-bond donors (Lipinski definition) is 2. The first-order valence-electron chi connectivity index (χ1n) is 5.30. The third kappa shape index (κ3) is 6.88. The topological polar surface area (TPSA) is 41.1 Å². The Labute approximate surface area is 117 Å². The molecule has 0 fully saturated rings. The van der Waals surface area contributed by atoms with Gasteiger partial charge >= 0.3 is 0 Å². The molecule has 0 aliphatic carbocycles. The van der Waals surface area contributed by atoms with E-state index in [0.29, 0.717) is 19.0 Å². The lowest BCUT2D eigenvalue weighted by atomic mass is 10.2. The van der Waals surface area contributed by atoms with Gasteiger partial charge in [0.25, 0.3) is 0 Å². The van der Waals surface area contributed by atoms with Crippen molar-refractivity contribution in [3.63, 3.8) is 0 Å². The largest absolute Gasteiger partial charge is 0.355 e. The summed E-state index contributed by atoms with van der Waals surface area (Å²) < 4.78 is 0.777. The fourth-order valence-electron chi connectivity index (χ4n) is 1.18. The van der Waals surface area contributed by atoms with Crippen molar-refractivity contribution in [3.8, 4) is 0 Å². The molecule has 1 aromatic heterocycles. The molecule has 3 nitrogen and oxygen atoms in total. The van der Waals surface area contributed by atoms with Gasteiger partial charge in [-0.3, -0.25) is 4.79 Å². The molecule has 0 aromatic carbocycles. The second kappa shape index (κ2) is 8.75. The molecule has 1 rings (SSSR count). The predicted octanol–water partition coefficient (Wildman–Crippen LogP) is 2.48. The van der Waals surface area contributed by atoms with Gasteiger partial charge in [-0.25, -0.2) is 0 Å². The van der Waals surface area contributed by atoms with Crippen LogP contribution >= 0.6 is 35.3 Å². The smallest absolute Gasteiger partial charge is 0.220 e. The summed E-state index contributed by atoms with van der Waals surface area (Å²) in [6, 6.07) is 4.14. The molecule has 1 atom stereocenters. The van der Waals surface area contributed by atoms with Gasteiger partial charge in [0.2, 0.25) is 5.91 Å². The Bertz CT molecular complexity index is 344. The molecule has 0 spiro atoms. The minimum atomic E-state index is 0. The van der Waals surface area contributed by atoms with E-state index in [4.69, 9.17) is 11.6 Å².